The molecule has 4 heterocycles. The third kappa shape index (κ3) is 3.99. The van der Waals surface area contributed by atoms with E-state index in [-0.39, 0.29) is 11.3 Å². The van der Waals surface area contributed by atoms with E-state index in [0.717, 1.165) is 50.0 Å². The summed E-state index contributed by atoms with van der Waals surface area (Å²) in [5.74, 6) is 2.82. The maximum Gasteiger partial charge on any atom is 0.224 e. The van der Waals surface area contributed by atoms with Gasteiger partial charge < -0.3 is 19.1 Å². The summed E-state index contributed by atoms with van der Waals surface area (Å²) < 4.78 is 5.49. The van der Waals surface area contributed by atoms with Gasteiger partial charge in [-0.3, -0.25) is 4.79 Å². The molecule has 8 nitrogen and oxygen atoms in total. The molecule has 0 aliphatic carbocycles. The lowest BCUT2D eigenvalue weighted by molar-refractivity contribution is -0.143. The van der Waals surface area contributed by atoms with Crippen LogP contribution in [-0.4, -0.2) is 78.0 Å². The van der Waals surface area contributed by atoms with E-state index < -0.39 is 0 Å². The van der Waals surface area contributed by atoms with E-state index in [1.54, 1.807) is 6.20 Å². The second-order valence-electron chi connectivity index (χ2n) is 8.76. The van der Waals surface area contributed by atoms with Crippen molar-refractivity contribution in [2.75, 3.05) is 52.2 Å². The number of likely N-dealkylation sites (tertiary alicyclic amines) is 2. The van der Waals surface area contributed by atoms with Crippen LogP contribution in [0.2, 0.25) is 0 Å². The second kappa shape index (κ2) is 7.74. The highest BCUT2D eigenvalue weighted by atomic mass is 16.4. The second-order valence-corrected chi connectivity index (χ2v) is 8.76. The molecule has 156 valence electrons. The minimum absolute atomic E-state index is 0.0992. The highest BCUT2D eigenvalue weighted by molar-refractivity contribution is 5.77. The number of carbonyl (C=O) groups excluding carboxylic acids is 1. The number of hydrogen-bond donors (Lipinski definition) is 0. The van der Waals surface area contributed by atoms with Gasteiger partial charge in [0, 0.05) is 70.6 Å². The van der Waals surface area contributed by atoms with Crippen molar-refractivity contribution >= 4 is 11.9 Å². The van der Waals surface area contributed by atoms with Crippen molar-refractivity contribution in [3.8, 4) is 0 Å². The SMILES string of the molecule is Cc1cnc(CCCC(=O)N2CC3(CN(C)CC3c3ccnc(N(C)C)n3)C2)o1. The zero-order chi connectivity index (χ0) is 20.6. The van der Waals surface area contributed by atoms with Crippen LogP contribution in [0, 0.1) is 12.3 Å². The summed E-state index contributed by atoms with van der Waals surface area (Å²) in [6.07, 6.45) is 5.58. The fourth-order valence-electron chi connectivity index (χ4n) is 4.67. The lowest BCUT2D eigenvalue weighted by Crippen LogP contribution is -2.61. The van der Waals surface area contributed by atoms with Crippen molar-refractivity contribution in [1.29, 1.82) is 0 Å². The monoisotopic (exact) mass is 398 g/mol. The summed E-state index contributed by atoms with van der Waals surface area (Å²) >= 11 is 0. The van der Waals surface area contributed by atoms with Crippen LogP contribution in [0.5, 0.6) is 0 Å². The van der Waals surface area contributed by atoms with Gasteiger partial charge in [-0.1, -0.05) is 0 Å². The number of hydrogen-bond acceptors (Lipinski definition) is 7. The summed E-state index contributed by atoms with van der Waals surface area (Å²) in [5, 5.41) is 0. The van der Waals surface area contributed by atoms with Crippen molar-refractivity contribution in [2.24, 2.45) is 5.41 Å². The van der Waals surface area contributed by atoms with Gasteiger partial charge in [-0.25, -0.2) is 15.0 Å². The average Bonchev–Trinajstić information content (AvgIpc) is 3.23. The smallest absolute Gasteiger partial charge is 0.224 e. The predicted octanol–water partition coefficient (Wildman–Crippen LogP) is 1.72. The summed E-state index contributed by atoms with van der Waals surface area (Å²) in [5.41, 5.74) is 1.18. The first-order valence-corrected chi connectivity index (χ1v) is 10.2. The van der Waals surface area contributed by atoms with Gasteiger partial charge in [0.15, 0.2) is 5.89 Å². The molecule has 1 unspecified atom stereocenters. The zero-order valence-corrected chi connectivity index (χ0v) is 17.8. The Kier molecular flexibility index (Phi) is 5.29. The number of amides is 1. The quantitative estimate of drug-likeness (QED) is 0.733. The first-order chi connectivity index (χ1) is 13.9. The molecule has 2 aromatic rings. The molecule has 1 atom stereocenters. The number of nitrogens with zero attached hydrogens (tertiary/aromatic N) is 6. The molecule has 2 aromatic heterocycles. The fourth-order valence-corrected chi connectivity index (χ4v) is 4.67. The van der Waals surface area contributed by atoms with Gasteiger partial charge in [0.25, 0.3) is 0 Å². The minimum Gasteiger partial charge on any atom is -0.446 e. The van der Waals surface area contributed by atoms with E-state index in [1.165, 1.54) is 0 Å². The lowest BCUT2D eigenvalue weighted by atomic mass is 9.70. The molecule has 0 bridgehead atoms. The number of likely N-dealkylation sites (N-methyl/N-ethyl adjacent to an activating group) is 1. The summed E-state index contributed by atoms with van der Waals surface area (Å²) in [4.78, 5) is 32.3. The maximum absolute atomic E-state index is 12.7. The Morgan fingerprint density at radius 1 is 1.31 bits per heavy atom. The number of aryl methyl sites for hydroxylation is 2. The van der Waals surface area contributed by atoms with Gasteiger partial charge in [0.05, 0.1) is 11.9 Å². The normalized spacial score (nSPS) is 20.8. The summed E-state index contributed by atoms with van der Waals surface area (Å²) in [6.45, 7) is 5.46. The van der Waals surface area contributed by atoms with Crippen LogP contribution < -0.4 is 4.90 Å². The Hall–Kier alpha value is -2.48. The van der Waals surface area contributed by atoms with E-state index in [2.05, 4.69) is 21.9 Å². The lowest BCUT2D eigenvalue weighted by Gasteiger charge is -2.51. The molecule has 2 aliphatic heterocycles. The molecule has 0 aromatic carbocycles. The number of oxazole rings is 1. The first-order valence-electron chi connectivity index (χ1n) is 10.2. The van der Waals surface area contributed by atoms with E-state index in [0.29, 0.717) is 24.7 Å². The van der Waals surface area contributed by atoms with Crippen molar-refractivity contribution in [2.45, 2.75) is 32.1 Å². The van der Waals surface area contributed by atoms with Gasteiger partial charge in [0.2, 0.25) is 11.9 Å². The highest BCUT2D eigenvalue weighted by Gasteiger charge is 2.55. The summed E-state index contributed by atoms with van der Waals surface area (Å²) in [6, 6.07) is 2.03. The molecule has 8 heteroatoms. The van der Waals surface area contributed by atoms with Crippen LogP contribution in [0.4, 0.5) is 5.95 Å². The molecule has 0 saturated carbocycles. The molecule has 2 aliphatic rings. The maximum atomic E-state index is 12.7. The van der Waals surface area contributed by atoms with Crippen LogP contribution in [0.25, 0.3) is 0 Å². The highest BCUT2D eigenvalue weighted by Crippen LogP contribution is 2.48. The Morgan fingerprint density at radius 3 is 2.79 bits per heavy atom. The van der Waals surface area contributed by atoms with E-state index >= 15 is 0 Å². The first kappa shape index (κ1) is 19.8. The van der Waals surface area contributed by atoms with Crippen LogP contribution in [0.1, 0.15) is 36.1 Å². The van der Waals surface area contributed by atoms with Gasteiger partial charge >= 0.3 is 0 Å². The van der Waals surface area contributed by atoms with Crippen molar-refractivity contribution in [3.05, 3.63) is 35.8 Å². The predicted molar refractivity (Wildman–Crippen MR) is 110 cm³/mol. The largest absolute Gasteiger partial charge is 0.446 e. The number of aromatic nitrogens is 3. The van der Waals surface area contributed by atoms with Gasteiger partial charge in [0.1, 0.15) is 5.76 Å². The molecule has 2 saturated heterocycles. The molecule has 2 fully saturated rings. The van der Waals surface area contributed by atoms with E-state index in [4.69, 9.17) is 9.40 Å². The molecule has 0 radical (unpaired) electrons. The van der Waals surface area contributed by atoms with Crippen LogP contribution >= 0.6 is 0 Å². The van der Waals surface area contributed by atoms with Crippen LogP contribution in [-0.2, 0) is 11.2 Å². The van der Waals surface area contributed by atoms with Crippen LogP contribution in [0.15, 0.2) is 22.9 Å². The Bertz CT molecular complexity index is 874. The van der Waals surface area contributed by atoms with Gasteiger partial charge in [-0.15, -0.1) is 0 Å². The zero-order valence-electron chi connectivity index (χ0n) is 17.8. The third-order valence-corrected chi connectivity index (χ3v) is 6.05. The molecule has 1 amide bonds. The van der Waals surface area contributed by atoms with Gasteiger partial charge in [-0.2, -0.15) is 0 Å². The van der Waals surface area contributed by atoms with E-state index in [9.17, 15) is 4.79 Å². The van der Waals surface area contributed by atoms with Crippen molar-refractivity contribution < 1.29 is 9.21 Å². The Morgan fingerprint density at radius 2 is 2.10 bits per heavy atom. The number of carbonyl (C=O) groups is 1. The standard InChI is InChI=1S/C21H30N6O2/c1-15-10-23-18(29-15)6-5-7-19(28)27-13-21(14-27)12-26(4)11-16(21)17-8-9-22-20(24-17)25(2)3/h8-10,16H,5-7,11-14H2,1-4H3. The summed E-state index contributed by atoms with van der Waals surface area (Å²) in [7, 11) is 6.07. The Labute approximate surface area is 171 Å². The molecule has 0 N–H and O–H groups in total. The molecule has 4 rings (SSSR count). The number of anilines is 1. The fraction of sp³-hybridized carbons (Fsp3) is 0.619. The van der Waals surface area contributed by atoms with Crippen molar-refractivity contribution in [1.82, 2.24) is 24.8 Å². The number of rotatable bonds is 6. The Balaban J connectivity index is 1.36. The molecular formula is C21H30N6O2. The molecular weight excluding hydrogens is 368 g/mol. The third-order valence-electron chi connectivity index (χ3n) is 6.05. The minimum atomic E-state index is 0.0992. The van der Waals surface area contributed by atoms with Crippen LogP contribution in [0.3, 0.4) is 0 Å². The van der Waals surface area contributed by atoms with Gasteiger partial charge in [-0.05, 0) is 26.5 Å². The molecule has 29 heavy (non-hydrogen) atoms. The van der Waals surface area contributed by atoms with Crippen molar-refractivity contribution in [3.63, 3.8) is 0 Å². The average molecular weight is 399 g/mol. The topological polar surface area (TPSA) is 78.6 Å². The molecule has 1 spiro atoms. The van der Waals surface area contributed by atoms with E-state index in [1.807, 2.05) is 43.1 Å².